The molecule has 3 N–H and O–H groups in total. The number of thiazole rings is 1. The largest absolute Gasteiger partial charge is 0.359 e. The van der Waals surface area contributed by atoms with Crippen molar-refractivity contribution in [2.45, 2.75) is 26.8 Å². The summed E-state index contributed by atoms with van der Waals surface area (Å²) in [7, 11) is 1.57. The van der Waals surface area contributed by atoms with Gasteiger partial charge in [-0.1, -0.05) is 17.4 Å². The van der Waals surface area contributed by atoms with E-state index in [0.29, 0.717) is 21.3 Å². The number of nitrogens with one attached hydrogen (secondary N) is 3. The number of hydrogen-bond donors (Lipinski definition) is 3. The number of benzene rings is 1. The van der Waals surface area contributed by atoms with Gasteiger partial charge in [-0.15, -0.1) is 0 Å². The Balaban J connectivity index is 2.16. The van der Waals surface area contributed by atoms with Gasteiger partial charge in [0, 0.05) is 24.3 Å². The zero-order valence-corrected chi connectivity index (χ0v) is 14.4. The molecule has 122 valence electrons. The predicted molar refractivity (Wildman–Crippen MR) is 93.4 cm³/mol. The second-order valence-corrected chi connectivity index (χ2v) is 6.42. The van der Waals surface area contributed by atoms with E-state index >= 15 is 0 Å². The molecule has 0 saturated carbocycles. The van der Waals surface area contributed by atoms with Gasteiger partial charge in [0.25, 0.3) is 11.8 Å². The van der Waals surface area contributed by atoms with E-state index in [0.717, 1.165) is 5.56 Å². The Kier molecular flexibility index (Phi) is 5.33. The number of aryl methyl sites for hydroxylation is 1. The summed E-state index contributed by atoms with van der Waals surface area (Å²) < 4.78 is 0. The smallest absolute Gasteiger partial charge is 0.267 e. The molecular weight excluding hydrogens is 312 g/mol. The van der Waals surface area contributed by atoms with Gasteiger partial charge in [-0.3, -0.25) is 9.59 Å². The lowest BCUT2D eigenvalue weighted by Crippen LogP contribution is -2.18. The first kappa shape index (κ1) is 17.0. The minimum Gasteiger partial charge on any atom is -0.359 e. The topological polar surface area (TPSA) is 83.1 Å². The van der Waals surface area contributed by atoms with Crippen molar-refractivity contribution >= 4 is 34.0 Å². The molecule has 0 bridgehead atoms. The van der Waals surface area contributed by atoms with Gasteiger partial charge in [0.1, 0.15) is 4.88 Å². The van der Waals surface area contributed by atoms with E-state index in [2.05, 4.69) is 20.9 Å². The monoisotopic (exact) mass is 332 g/mol. The average Bonchev–Trinajstić information content (AvgIpc) is 2.96. The highest BCUT2D eigenvalue weighted by atomic mass is 32.1. The van der Waals surface area contributed by atoms with Gasteiger partial charge in [-0.05, 0) is 38.5 Å². The standard InChI is InChI=1S/C16H20N4O2S/c1-9(2)19-16-18-8-13(23-16)15(22)20-12-7-11(14(21)17-4)6-5-10(12)3/h5-9H,1-4H3,(H,17,21)(H,18,19)(H,20,22). The molecule has 0 unspecified atom stereocenters. The first-order valence-electron chi connectivity index (χ1n) is 7.27. The first-order chi connectivity index (χ1) is 10.9. The van der Waals surface area contributed by atoms with E-state index in [-0.39, 0.29) is 17.9 Å². The first-order valence-corrected chi connectivity index (χ1v) is 8.08. The molecule has 6 nitrogen and oxygen atoms in total. The van der Waals surface area contributed by atoms with Crippen LogP contribution in [-0.4, -0.2) is 29.9 Å². The van der Waals surface area contributed by atoms with E-state index in [9.17, 15) is 9.59 Å². The summed E-state index contributed by atoms with van der Waals surface area (Å²) >= 11 is 1.30. The zero-order valence-electron chi connectivity index (χ0n) is 13.6. The van der Waals surface area contributed by atoms with E-state index in [1.165, 1.54) is 11.3 Å². The third kappa shape index (κ3) is 4.29. The summed E-state index contributed by atoms with van der Waals surface area (Å²) in [6.07, 6.45) is 1.54. The number of hydrogen-bond acceptors (Lipinski definition) is 5. The van der Waals surface area contributed by atoms with E-state index in [1.54, 1.807) is 31.4 Å². The number of rotatable bonds is 5. The van der Waals surface area contributed by atoms with E-state index in [4.69, 9.17) is 0 Å². The molecule has 1 aromatic heterocycles. The Morgan fingerprint density at radius 2 is 1.96 bits per heavy atom. The fourth-order valence-electron chi connectivity index (χ4n) is 1.92. The van der Waals surface area contributed by atoms with Gasteiger partial charge in [0.05, 0.1) is 6.20 Å². The Morgan fingerprint density at radius 3 is 2.61 bits per heavy atom. The molecule has 2 rings (SSSR count). The molecular formula is C16H20N4O2S. The fourth-order valence-corrected chi connectivity index (χ4v) is 2.78. The molecule has 2 amide bonds. The average molecular weight is 332 g/mol. The van der Waals surface area contributed by atoms with Crippen LogP contribution < -0.4 is 16.0 Å². The lowest BCUT2D eigenvalue weighted by atomic mass is 10.1. The molecule has 0 aliphatic rings. The number of carbonyl (C=O) groups is 2. The second-order valence-electron chi connectivity index (χ2n) is 5.39. The number of aromatic nitrogens is 1. The van der Waals surface area contributed by atoms with Crippen LogP contribution in [0.3, 0.4) is 0 Å². The third-order valence-corrected chi connectivity index (χ3v) is 4.04. The van der Waals surface area contributed by atoms with Gasteiger partial charge < -0.3 is 16.0 Å². The zero-order chi connectivity index (χ0) is 17.0. The van der Waals surface area contributed by atoms with Crippen molar-refractivity contribution in [3.8, 4) is 0 Å². The lowest BCUT2D eigenvalue weighted by molar-refractivity contribution is 0.0961. The maximum Gasteiger partial charge on any atom is 0.267 e. The van der Waals surface area contributed by atoms with Crippen molar-refractivity contribution in [3.05, 3.63) is 40.4 Å². The number of anilines is 2. The molecule has 0 spiro atoms. The van der Waals surface area contributed by atoms with E-state index in [1.807, 2.05) is 20.8 Å². The van der Waals surface area contributed by atoms with Gasteiger partial charge in [-0.25, -0.2) is 4.98 Å². The molecule has 1 heterocycles. The van der Waals surface area contributed by atoms with Crippen molar-refractivity contribution in [2.24, 2.45) is 0 Å². The number of carbonyl (C=O) groups excluding carboxylic acids is 2. The fraction of sp³-hybridized carbons (Fsp3) is 0.312. The molecule has 2 aromatic rings. The minimum atomic E-state index is -0.239. The summed E-state index contributed by atoms with van der Waals surface area (Å²) in [5.74, 6) is -0.432. The maximum absolute atomic E-state index is 12.3. The van der Waals surface area contributed by atoms with Crippen molar-refractivity contribution < 1.29 is 9.59 Å². The van der Waals surface area contributed by atoms with Gasteiger partial charge >= 0.3 is 0 Å². The van der Waals surface area contributed by atoms with Crippen LogP contribution in [-0.2, 0) is 0 Å². The Hall–Kier alpha value is -2.41. The third-order valence-electron chi connectivity index (χ3n) is 3.12. The molecule has 0 saturated heterocycles. The van der Waals surface area contributed by atoms with Crippen molar-refractivity contribution in [1.29, 1.82) is 0 Å². The number of amides is 2. The Labute approximate surface area is 139 Å². The van der Waals surface area contributed by atoms with Crippen LogP contribution in [0, 0.1) is 6.92 Å². The van der Waals surface area contributed by atoms with Gasteiger partial charge in [0.2, 0.25) is 0 Å². The highest BCUT2D eigenvalue weighted by Gasteiger charge is 2.14. The lowest BCUT2D eigenvalue weighted by Gasteiger charge is -2.09. The predicted octanol–water partition coefficient (Wildman–Crippen LogP) is 2.88. The van der Waals surface area contributed by atoms with Crippen LogP contribution in [0.5, 0.6) is 0 Å². The SMILES string of the molecule is CNC(=O)c1ccc(C)c(NC(=O)c2cnc(NC(C)C)s2)c1. The normalized spacial score (nSPS) is 10.5. The van der Waals surface area contributed by atoms with Crippen LogP contribution >= 0.6 is 11.3 Å². The van der Waals surface area contributed by atoms with Gasteiger partial charge in [-0.2, -0.15) is 0 Å². The molecule has 0 fully saturated rings. The molecule has 0 aliphatic carbocycles. The molecule has 1 aromatic carbocycles. The molecule has 0 atom stereocenters. The maximum atomic E-state index is 12.3. The molecule has 0 radical (unpaired) electrons. The van der Waals surface area contributed by atoms with Crippen LogP contribution in [0.1, 0.15) is 39.4 Å². The molecule has 7 heteroatoms. The summed E-state index contributed by atoms with van der Waals surface area (Å²) in [5.41, 5.74) is 2.00. The van der Waals surface area contributed by atoms with Crippen molar-refractivity contribution in [2.75, 3.05) is 17.7 Å². The number of nitrogens with zero attached hydrogens (tertiary/aromatic N) is 1. The summed E-state index contributed by atoms with van der Waals surface area (Å²) in [6, 6.07) is 5.45. The van der Waals surface area contributed by atoms with Crippen molar-refractivity contribution in [1.82, 2.24) is 10.3 Å². The van der Waals surface area contributed by atoms with Crippen LogP contribution in [0.2, 0.25) is 0 Å². The summed E-state index contributed by atoms with van der Waals surface area (Å²) in [5, 5.41) is 9.27. The quantitative estimate of drug-likeness (QED) is 0.786. The Morgan fingerprint density at radius 1 is 1.22 bits per heavy atom. The Bertz CT molecular complexity index is 725. The van der Waals surface area contributed by atoms with Crippen LogP contribution in [0.15, 0.2) is 24.4 Å². The summed E-state index contributed by atoms with van der Waals surface area (Å²) in [6.45, 7) is 5.89. The second kappa shape index (κ2) is 7.23. The molecule has 0 aliphatic heterocycles. The van der Waals surface area contributed by atoms with Crippen LogP contribution in [0.4, 0.5) is 10.8 Å². The highest BCUT2D eigenvalue weighted by molar-refractivity contribution is 7.17. The highest BCUT2D eigenvalue weighted by Crippen LogP contribution is 2.22. The van der Waals surface area contributed by atoms with Gasteiger partial charge in [0.15, 0.2) is 5.13 Å². The minimum absolute atomic E-state index is 0.193. The van der Waals surface area contributed by atoms with Crippen LogP contribution in [0.25, 0.3) is 0 Å². The van der Waals surface area contributed by atoms with E-state index < -0.39 is 0 Å². The molecule has 23 heavy (non-hydrogen) atoms. The summed E-state index contributed by atoms with van der Waals surface area (Å²) in [4.78, 5) is 28.7. The van der Waals surface area contributed by atoms with Crippen molar-refractivity contribution in [3.63, 3.8) is 0 Å².